The van der Waals surface area contributed by atoms with Gasteiger partial charge in [0.1, 0.15) is 0 Å². The molecule has 0 atom stereocenters. The summed E-state index contributed by atoms with van der Waals surface area (Å²) in [5.74, 6) is 0. The van der Waals surface area contributed by atoms with Crippen LogP contribution in [0.2, 0.25) is 0 Å². The van der Waals surface area contributed by atoms with Crippen LogP contribution in [-0.2, 0) is 0 Å². The Hall–Kier alpha value is -1.71. The number of rotatable bonds is 0. The topological polar surface area (TPSA) is 58.6 Å². The Balaban J connectivity index is 3.03. The Morgan fingerprint density at radius 3 is 2.91 bits per heavy atom. The lowest BCUT2D eigenvalue weighted by molar-refractivity contribution is 1.21. The van der Waals surface area contributed by atoms with Crippen LogP contribution >= 0.6 is 0 Å². The fourth-order valence-electron chi connectivity index (χ4n) is 0.899. The van der Waals surface area contributed by atoms with E-state index in [1.54, 1.807) is 6.20 Å². The van der Waals surface area contributed by atoms with Gasteiger partial charge in [-0.25, -0.2) is 9.97 Å². The summed E-state index contributed by atoms with van der Waals surface area (Å²) in [6.07, 6.45) is 4.59. The standard InChI is InChI=1S/C7H5N3O/c11-5-1-2-9-7-6(5)8-3-4-10-7/h1-4H,(H,9,10,11). The minimum atomic E-state index is -0.105. The van der Waals surface area contributed by atoms with Gasteiger partial charge in [-0.15, -0.1) is 0 Å². The first-order valence-electron chi connectivity index (χ1n) is 3.16. The first-order chi connectivity index (χ1) is 5.38. The van der Waals surface area contributed by atoms with Crippen LogP contribution in [0.4, 0.5) is 0 Å². The molecule has 0 aromatic carbocycles. The number of aromatic nitrogens is 3. The molecular weight excluding hydrogens is 142 g/mol. The van der Waals surface area contributed by atoms with E-state index in [1.807, 2.05) is 0 Å². The molecule has 0 saturated carbocycles. The highest BCUT2D eigenvalue weighted by atomic mass is 16.1. The van der Waals surface area contributed by atoms with Gasteiger partial charge in [0.05, 0.1) is 0 Å². The molecule has 2 heterocycles. The summed E-state index contributed by atoms with van der Waals surface area (Å²) in [5.41, 5.74) is 0.807. The van der Waals surface area contributed by atoms with Crippen molar-refractivity contribution in [2.45, 2.75) is 0 Å². The number of hydrogen-bond donors (Lipinski definition) is 1. The number of hydrogen-bond acceptors (Lipinski definition) is 3. The molecule has 4 heteroatoms. The molecule has 0 spiro atoms. The summed E-state index contributed by atoms with van der Waals surface area (Å²) in [6, 6.07) is 1.43. The van der Waals surface area contributed by atoms with Crippen LogP contribution in [-0.4, -0.2) is 15.0 Å². The zero-order chi connectivity index (χ0) is 7.68. The maximum absolute atomic E-state index is 11.1. The van der Waals surface area contributed by atoms with Crippen molar-refractivity contribution in [2.75, 3.05) is 0 Å². The third kappa shape index (κ3) is 0.881. The van der Waals surface area contributed by atoms with Gasteiger partial charge in [0.15, 0.2) is 11.2 Å². The Morgan fingerprint density at radius 1 is 1.27 bits per heavy atom. The molecule has 1 N–H and O–H groups in total. The predicted octanol–water partition coefficient (Wildman–Crippen LogP) is 0.318. The Kier molecular flexibility index (Phi) is 1.18. The second-order valence-corrected chi connectivity index (χ2v) is 2.10. The van der Waals surface area contributed by atoms with Gasteiger partial charge < -0.3 is 4.98 Å². The molecule has 0 aliphatic heterocycles. The van der Waals surface area contributed by atoms with E-state index >= 15 is 0 Å². The fraction of sp³-hybridized carbons (Fsp3) is 0. The number of nitrogens with one attached hydrogen (secondary N) is 1. The van der Waals surface area contributed by atoms with Crippen molar-refractivity contribution in [3.05, 3.63) is 34.9 Å². The van der Waals surface area contributed by atoms with Gasteiger partial charge in [0.25, 0.3) is 0 Å². The van der Waals surface area contributed by atoms with Crippen molar-refractivity contribution in [1.29, 1.82) is 0 Å². The van der Waals surface area contributed by atoms with Gasteiger partial charge in [-0.05, 0) is 0 Å². The van der Waals surface area contributed by atoms with E-state index in [0.717, 1.165) is 0 Å². The lowest BCUT2D eigenvalue weighted by atomic mass is 10.4. The summed E-state index contributed by atoms with van der Waals surface area (Å²) in [4.78, 5) is 21.7. The van der Waals surface area contributed by atoms with Crippen molar-refractivity contribution in [1.82, 2.24) is 15.0 Å². The van der Waals surface area contributed by atoms with Crippen molar-refractivity contribution in [2.24, 2.45) is 0 Å². The van der Waals surface area contributed by atoms with Crippen LogP contribution in [0.25, 0.3) is 11.2 Å². The number of nitrogens with zero attached hydrogens (tertiary/aromatic N) is 2. The number of fused-ring (bicyclic) bond motifs is 1. The van der Waals surface area contributed by atoms with Gasteiger partial charge in [0.2, 0.25) is 5.43 Å². The summed E-state index contributed by atoms with van der Waals surface area (Å²) >= 11 is 0. The van der Waals surface area contributed by atoms with E-state index in [4.69, 9.17) is 0 Å². The van der Waals surface area contributed by atoms with Gasteiger partial charge >= 0.3 is 0 Å². The summed E-state index contributed by atoms with van der Waals surface area (Å²) in [5, 5.41) is 0. The molecule has 2 rings (SSSR count). The Morgan fingerprint density at radius 2 is 2.09 bits per heavy atom. The quantitative estimate of drug-likeness (QED) is 0.583. The molecule has 0 saturated heterocycles. The normalized spacial score (nSPS) is 10.2. The molecule has 0 aliphatic carbocycles. The van der Waals surface area contributed by atoms with Crippen molar-refractivity contribution < 1.29 is 0 Å². The van der Waals surface area contributed by atoms with Crippen molar-refractivity contribution >= 4 is 11.2 Å². The smallest absolute Gasteiger partial charge is 0.209 e. The molecule has 54 valence electrons. The monoisotopic (exact) mass is 147 g/mol. The highest BCUT2D eigenvalue weighted by Crippen LogP contribution is 1.94. The molecule has 0 radical (unpaired) electrons. The molecule has 4 nitrogen and oxygen atoms in total. The average Bonchev–Trinajstić information content (AvgIpc) is 2.06. The summed E-state index contributed by atoms with van der Waals surface area (Å²) < 4.78 is 0. The summed E-state index contributed by atoms with van der Waals surface area (Å²) in [6.45, 7) is 0. The molecule has 0 unspecified atom stereocenters. The van der Waals surface area contributed by atoms with Crippen LogP contribution in [0, 0.1) is 0 Å². The first-order valence-corrected chi connectivity index (χ1v) is 3.16. The van der Waals surface area contributed by atoms with E-state index in [-0.39, 0.29) is 5.43 Å². The van der Waals surface area contributed by atoms with E-state index in [2.05, 4.69) is 15.0 Å². The maximum Gasteiger partial charge on any atom is 0.209 e. The van der Waals surface area contributed by atoms with E-state index < -0.39 is 0 Å². The number of pyridine rings is 1. The van der Waals surface area contributed by atoms with Gasteiger partial charge in [-0.3, -0.25) is 4.79 Å². The molecule has 2 aromatic rings. The third-order valence-corrected chi connectivity index (χ3v) is 1.39. The highest BCUT2D eigenvalue weighted by Gasteiger charge is 1.96. The lowest BCUT2D eigenvalue weighted by Crippen LogP contribution is -2.02. The SMILES string of the molecule is O=c1cc[nH]c2nccnc12. The Labute approximate surface area is 61.9 Å². The second-order valence-electron chi connectivity index (χ2n) is 2.10. The van der Waals surface area contributed by atoms with Crippen LogP contribution in [0.3, 0.4) is 0 Å². The minimum Gasteiger partial charge on any atom is -0.345 e. The fourth-order valence-corrected chi connectivity index (χ4v) is 0.899. The van der Waals surface area contributed by atoms with Gasteiger partial charge in [-0.2, -0.15) is 0 Å². The zero-order valence-corrected chi connectivity index (χ0v) is 5.61. The number of aromatic amines is 1. The van der Waals surface area contributed by atoms with Gasteiger partial charge in [-0.1, -0.05) is 0 Å². The molecule has 11 heavy (non-hydrogen) atoms. The van der Waals surface area contributed by atoms with E-state index in [1.165, 1.54) is 18.5 Å². The largest absolute Gasteiger partial charge is 0.345 e. The average molecular weight is 147 g/mol. The van der Waals surface area contributed by atoms with Crippen LogP contribution in [0.1, 0.15) is 0 Å². The molecular formula is C7H5N3O. The molecule has 0 amide bonds. The molecule has 0 bridgehead atoms. The molecule has 0 aliphatic rings. The first kappa shape index (κ1) is 6.03. The Bertz CT molecular complexity index is 429. The van der Waals surface area contributed by atoms with Gasteiger partial charge in [0, 0.05) is 24.7 Å². The predicted molar refractivity (Wildman–Crippen MR) is 40.2 cm³/mol. The minimum absolute atomic E-state index is 0.105. The van der Waals surface area contributed by atoms with Crippen LogP contribution in [0.15, 0.2) is 29.5 Å². The second kappa shape index (κ2) is 2.16. The number of H-pyrrole nitrogens is 1. The molecule has 0 fully saturated rings. The van der Waals surface area contributed by atoms with Crippen LogP contribution in [0.5, 0.6) is 0 Å². The van der Waals surface area contributed by atoms with Crippen LogP contribution < -0.4 is 5.43 Å². The highest BCUT2D eigenvalue weighted by molar-refractivity contribution is 5.67. The maximum atomic E-state index is 11.1. The van der Waals surface area contributed by atoms with Crippen molar-refractivity contribution in [3.8, 4) is 0 Å². The lowest BCUT2D eigenvalue weighted by Gasteiger charge is -1.90. The zero-order valence-electron chi connectivity index (χ0n) is 5.61. The molecule has 2 aromatic heterocycles. The van der Waals surface area contributed by atoms with E-state index in [9.17, 15) is 4.79 Å². The van der Waals surface area contributed by atoms with Crippen molar-refractivity contribution in [3.63, 3.8) is 0 Å². The van der Waals surface area contributed by atoms with E-state index in [0.29, 0.717) is 11.2 Å². The summed E-state index contributed by atoms with van der Waals surface area (Å²) in [7, 11) is 0. The third-order valence-electron chi connectivity index (χ3n) is 1.39.